The molecule has 7 heterocycles. The highest BCUT2D eigenvalue weighted by Crippen LogP contribution is 2.32. The fraction of sp³-hybridized carbons (Fsp3) is 0.500. The Hall–Kier alpha value is -8.47. The number of hydrogen-bond donors (Lipinski definition) is 1. The van der Waals surface area contributed by atoms with Crippen LogP contribution in [0.2, 0.25) is 0 Å². The van der Waals surface area contributed by atoms with Crippen LogP contribution in [0.25, 0.3) is 0 Å². The van der Waals surface area contributed by atoms with Crippen molar-refractivity contribution in [1.82, 2.24) is 34.5 Å². The molecule has 7 aliphatic heterocycles. The van der Waals surface area contributed by atoms with Crippen LogP contribution in [0, 0.1) is 0 Å². The van der Waals surface area contributed by atoms with E-state index in [1.807, 2.05) is 28.0 Å². The van der Waals surface area contributed by atoms with Gasteiger partial charge in [-0.15, -0.1) is 5.06 Å². The fourth-order valence-corrected chi connectivity index (χ4v) is 8.86. The second-order valence-corrected chi connectivity index (χ2v) is 20.1. The van der Waals surface area contributed by atoms with Crippen LogP contribution in [-0.2, 0) is 71.8 Å². The maximum absolute atomic E-state index is 11.4. The lowest BCUT2D eigenvalue weighted by Gasteiger charge is -2.20. The molecule has 0 saturated carbocycles. The van der Waals surface area contributed by atoms with Gasteiger partial charge in [0.1, 0.15) is 19.8 Å². The van der Waals surface area contributed by atoms with E-state index in [1.165, 1.54) is 16.7 Å². The molecular weight excluding hydrogens is 1100 g/mol. The first-order valence-corrected chi connectivity index (χ1v) is 28.5. The van der Waals surface area contributed by atoms with Crippen LogP contribution in [0.4, 0.5) is 0 Å². The van der Waals surface area contributed by atoms with Gasteiger partial charge in [-0.1, -0.05) is 76.4 Å². The molecule has 1 aromatic carbocycles. The number of hydroxylamine groups is 2. The van der Waals surface area contributed by atoms with Crippen LogP contribution < -0.4 is 0 Å². The largest absolute Gasteiger partial charge is 0.500 e. The summed E-state index contributed by atoms with van der Waals surface area (Å²) in [6.45, 7) is 36.7. The first-order chi connectivity index (χ1) is 40.5. The van der Waals surface area contributed by atoms with Crippen molar-refractivity contribution in [3.63, 3.8) is 0 Å². The van der Waals surface area contributed by atoms with E-state index >= 15 is 0 Å². The fourth-order valence-electron chi connectivity index (χ4n) is 8.86. The average molecular weight is 1190 g/mol. The van der Waals surface area contributed by atoms with Gasteiger partial charge < -0.3 is 48.7 Å². The smallest absolute Gasteiger partial charge is 0.355 e. The highest BCUT2D eigenvalue weighted by Gasteiger charge is 2.33. The van der Waals surface area contributed by atoms with Crippen molar-refractivity contribution in [3.8, 4) is 0 Å². The molecule has 0 aromatic heterocycles. The molecule has 7 fully saturated rings. The van der Waals surface area contributed by atoms with Crippen molar-refractivity contribution < 1.29 is 76.9 Å². The second-order valence-electron chi connectivity index (χ2n) is 20.1. The Bertz CT molecular complexity index is 2540. The van der Waals surface area contributed by atoms with E-state index in [9.17, 15) is 52.7 Å². The Balaban J connectivity index is 0.000000339. The number of amides is 8. The minimum atomic E-state index is -1.01. The van der Waals surface area contributed by atoms with E-state index in [4.69, 9.17) is 19.3 Å². The summed E-state index contributed by atoms with van der Waals surface area (Å²) in [6.07, 6.45) is 14.4. The summed E-state index contributed by atoms with van der Waals surface area (Å²) in [4.78, 5) is 136. The van der Waals surface area contributed by atoms with E-state index in [0.717, 1.165) is 89.8 Å². The lowest BCUT2D eigenvalue weighted by Crippen LogP contribution is -2.34. The molecule has 23 nitrogen and oxygen atoms in total. The molecule has 0 spiro atoms. The van der Waals surface area contributed by atoms with Crippen LogP contribution in [0.1, 0.15) is 122 Å². The van der Waals surface area contributed by atoms with E-state index in [2.05, 4.69) is 63.0 Å². The number of likely N-dealkylation sites (tertiary alicyclic amines) is 6. The summed E-state index contributed by atoms with van der Waals surface area (Å²) < 4.78 is 14.5. The topological polar surface area (TPSA) is 268 Å². The van der Waals surface area contributed by atoms with Crippen molar-refractivity contribution in [3.05, 3.63) is 123 Å². The van der Waals surface area contributed by atoms with Crippen molar-refractivity contribution in [2.75, 3.05) is 78.7 Å². The maximum Gasteiger partial charge on any atom is 0.355 e. The molecule has 8 amide bonds. The lowest BCUT2D eigenvalue weighted by atomic mass is 10.1. The predicted molar refractivity (Wildman–Crippen MR) is 316 cm³/mol. The summed E-state index contributed by atoms with van der Waals surface area (Å²) in [5.41, 5.74) is 2.66. The van der Waals surface area contributed by atoms with Gasteiger partial charge in [0.25, 0.3) is 11.8 Å². The number of benzene rings is 1. The predicted octanol–water partition coefficient (Wildman–Crippen LogP) is 5.80. The average Bonchev–Trinajstić information content (AvgIpc) is 4.41. The van der Waals surface area contributed by atoms with Gasteiger partial charge in [0.15, 0.2) is 6.23 Å². The van der Waals surface area contributed by atoms with Crippen molar-refractivity contribution in [2.24, 2.45) is 0 Å². The van der Waals surface area contributed by atoms with Crippen molar-refractivity contribution >= 4 is 65.2 Å². The minimum absolute atomic E-state index is 0.0713. The van der Waals surface area contributed by atoms with Gasteiger partial charge >= 0.3 is 17.9 Å². The molecule has 0 aliphatic carbocycles. The molecule has 1 aromatic rings. The summed E-state index contributed by atoms with van der Waals surface area (Å²) >= 11 is 0. The molecule has 7 aliphatic rings. The molecule has 23 heteroatoms. The molecule has 466 valence electrons. The number of aliphatic hydroxyl groups excluding tert-OH is 1. The third kappa shape index (κ3) is 26.8. The van der Waals surface area contributed by atoms with Gasteiger partial charge in [0.05, 0.1) is 31.9 Å². The van der Waals surface area contributed by atoms with E-state index in [1.54, 1.807) is 41.7 Å². The van der Waals surface area contributed by atoms with Crippen LogP contribution in [0.15, 0.2) is 118 Å². The number of carbonyl (C=O) groups excluding carboxylic acids is 11. The molecule has 0 radical (unpaired) electrons. The van der Waals surface area contributed by atoms with Crippen LogP contribution in [-0.4, -0.2) is 190 Å². The summed E-state index contributed by atoms with van der Waals surface area (Å²) in [5.74, 6) is -1.43. The van der Waals surface area contributed by atoms with E-state index < -0.39 is 30.0 Å². The standard InChI is InChI=1S/C12H13NO.C10H15NO3.C9H13NO3.C8H11NO2.C8H13NO2.C8H13NO.C7H9NO4/c1-2-13-11(8-9-12(13)14)10-6-4-3-5-7-10;1-8(2)10(13)14-7-6-11-5-3-4-9(11)12;1-2-9(12)13-7-6-10-5-3-4-8(10)11;1-6(2)8(11)9-5-3-4-7(9)10;1-2-11-7-6-9-5-3-4-8(9)10;1-7(2)8(10)9-5-3-4-6-9;1-2-7(11)12-8-5(9)3-4-6(8)10/h2-7,11H,1,8-9H2;1,3-7H2,2H3;2H,1,3-7H2;1,3-5H2,2H3;2H,1,3-7H2;1,3-6H2,2H3;2,5,9H,1,3-4H2. The van der Waals surface area contributed by atoms with Gasteiger partial charge in [-0.05, 0) is 71.3 Å². The summed E-state index contributed by atoms with van der Waals surface area (Å²) in [6, 6.07) is 10.3. The monoisotopic (exact) mass is 1190 g/mol. The van der Waals surface area contributed by atoms with Gasteiger partial charge in [0.2, 0.25) is 35.4 Å². The van der Waals surface area contributed by atoms with Crippen LogP contribution >= 0.6 is 0 Å². The summed E-state index contributed by atoms with van der Waals surface area (Å²) in [7, 11) is 0. The molecule has 2 atom stereocenters. The molecule has 2 unspecified atom stereocenters. The lowest BCUT2D eigenvalue weighted by molar-refractivity contribution is -0.216. The van der Waals surface area contributed by atoms with Gasteiger partial charge in [-0.3, -0.25) is 43.3 Å². The Morgan fingerprint density at radius 1 is 0.541 bits per heavy atom. The quantitative estimate of drug-likeness (QED) is 0.0788. The Labute approximate surface area is 499 Å². The maximum atomic E-state index is 11.4. The first-order valence-electron chi connectivity index (χ1n) is 28.5. The SMILES string of the molecule is C=C(C)C(=O)N1CCCC1.C=C(C)C(=O)N1CCCC1=O.C=C(C)C(=O)OCCN1CCCC1=O.C=CC(=O)OCCN1CCCC1=O.C=CC(=O)ON1C(=O)CCC1O.C=CN1C(=O)CCC1c1ccccc1.C=COCCN1CCCC1=O. The van der Waals surface area contributed by atoms with E-state index in [0.29, 0.717) is 93.1 Å². The summed E-state index contributed by atoms with van der Waals surface area (Å²) in [5, 5.41) is 9.77. The molecule has 1 N–H and O–H groups in total. The highest BCUT2D eigenvalue weighted by atomic mass is 16.7. The number of imide groups is 1. The van der Waals surface area contributed by atoms with Gasteiger partial charge in [-0.25, -0.2) is 14.4 Å². The third-order valence-corrected chi connectivity index (χ3v) is 13.4. The second kappa shape index (κ2) is 39.9. The van der Waals surface area contributed by atoms with Gasteiger partial charge in [0, 0.05) is 119 Å². The molecule has 0 bridgehead atoms. The van der Waals surface area contributed by atoms with Crippen molar-refractivity contribution in [1.29, 1.82) is 0 Å². The van der Waals surface area contributed by atoms with Crippen LogP contribution in [0.5, 0.6) is 0 Å². The zero-order chi connectivity index (χ0) is 63.4. The first kappa shape index (κ1) is 72.6. The number of rotatable bonds is 18. The zero-order valence-corrected chi connectivity index (χ0v) is 49.9. The number of aliphatic hydroxyl groups is 1. The van der Waals surface area contributed by atoms with Crippen LogP contribution in [0.3, 0.4) is 0 Å². The van der Waals surface area contributed by atoms with Crippen molar-refractivity contribution in [2.45, 2.75) is 123 Å². The Morgan fingerprint density at radius 2 is 1.02 bits per heavy atom. The highest BCUT2D eigenvalue weighted by molar-refractivity contribution is 6.04. The molecular formula is C62H87N7O16. The Kier molecular flexibility index (Phi) is 34.1. The number of hydrogen-bond acceptors (Lipinski definition) is 16. The normalized spacial score (nSPS) is 18.2. The van der Waals surface area contributed by atoms with E-state index in [-0.39, 0.29) is 67.0 Å². The number of esters is 2. The zero-order valence-electron chi connectivity index (χ0n) is 49.9. The Morgan fingerprint density at radius 3 is 1.44 bits per heavy atom. The molecule has 7 saturated heterocycles. The third-order valence-electron chi connectivity index (χ3n) is 13.4. The molecule has 8 rings (SSSR count). The van der Waals surface area contributed by atoms with Gasteiger partial charge in [-0.2, -0.15) is 0 Å². The number of carbonyl (C=O) groups is 11. The number of ether oxygens (including phenoxy) is 3. The minimum Gasteiger partial charge on any atom is -0.500 e. The number of nitrogens with zero attached hydrogens (tertiary/aromatic N) is 7. The molecule has 85 heavy (non-hydrogen) atoms.